The van der Waals surface area contributed by atoms with Crippen molar-refractivity contribution in [3.8, 4) is 16.3 Å². The third-order valence-electron chi connectivity index (χ3n) is 3.84. The first kappa shape index (κ1) is 20.8. The molecule has 0 saturated carbocycles. The van der Waals surface area contributed by atoms with Crippen LogP contribution in [0.4, 0.5) is 0 Å². The highest BCUT2D eigenvalue weighted by Gasteiger charge is 2.11. The van der Waals surface area contributed by atoms with Crippen LogP contribution in [-0.2, 0) is 16.1 Å². The highest BCUT2D eigenvalue weighted by molar-refractivity contribution is 7.13. The summed E-state index contributed by atoms with van der Waals surface area (Å²) in [6.07, 6.45) is 0. The smallest absolute Gasteiger partial charge is 0.325 e. The van der Waals surface area contributed by atoms with Gasteiger partial charge in [-0.2, -0.15) is 0 Å². The lowest BCUT2D eigenvalue weighted by atomic mass is 10.2. The van der Waals surface area contributed by atoms with Gasteiger partial charge in [-0.3, -0.25) is 9.59 Å². The van der Waals surface area contributed by atoms with Gasteiger partial charge >= 0.3 is 5.97 Å². The van der Waals surface area contributed by atoms with Crippen LogP contribution < -0.4 is 10.1 Å². The summed E-state index contributed by atoms with van der Waals surface area (Å²) in [4.78, 5) is 28.5. The van der Waals surface area contributed by atoms with Gasteiger partial charge < -0.3 is 14.8 Å². The van der Waals surface area contributed by atoms with Crippen molar-refractivity contribution in [1.29, 1.82) is 0 Å². The number of nitrogens with zero attached hydrogens (tertiary/aromatic N) is 1. The number of aromatic nitrogens is 1. The summed E-state index contributed by atoms with van der Waals surface area (Å²) in [7, 11) is 0. The molecule has 1 N–H and O–H groups in total. The fraction of sp³-hybridized carbons (Fsp3) is 0.190. The van der Waals surface area contributed by atoms with Gasteiger partial charge in [0.05, 0.1) is 12.3 Å². The Hall–Kier alpha value is -2.90. The predicted octanol–water partition coefficient (Wildman–Crippen LogP) is 4.34. The molecule has 0 saturated heterocycles. The van der Waals surface area contributed by atoms with Crippen molar-refractivity contribution >= 4 is 34.8 Å². The third-order valence-corrected chi connectivity index (χ3v) is 5.04. The van der Waals surface area contributed by atoms with Crippen molar-refractivity contribution in [1.82, 2.24) is 10.3 Å². The van der Waals surface area contributed by atoms with Crippen molar-refractivity contribution in [3.05, 3.63) is 70.2 Å². The van der Waals surface area contributed by atoms with Crippen LogP contribution in [0.15, 0.2) is 53.9 Å². The number of benzene rings is 2. The minimum Gasteiger partial charge on any atom is -0.494 e. The molecule has 0 aliphatic rings. The number of hydrogen-bond acceptors (Lipinski definition) is 6. The highest BCUT2D eigenvalue weighted by atomic mass is 35.5. The molecule has 0 atom stereocenters. The van der Waals surface area contributed by atoms with Gasteiger partial charge in [0.15, 0.2) is 0 Å². The molecule has 0 radical (unpaired) electrons. The lowest BCUT2D eigenvalue weighted by Crippen LogP contribution is -2.30. The van der Waals surface area contributed by atoms with Crippen molar-refractivity contribution in [3.63, 3.8) is 0 Å². The normalized spacial score (nSPS) is 10.4. The molecule has 29 heavy (non-hydrogen) atoms. The summed E-state index contributed by atoms with van der Waals surface area (Å²) < 4.78 is 10.5. The zero-order valence-corrected chi connectivity index (χ0v) is 17.3. The Morgan fingerprint density at radius 3 is 2.52 bits per heavy atom. The monoisotopic (exact) mass is 430 g/mol. The van der Waals surface area contributed by atoms with Crippen molar-refractivity contribution in [2.24, 2.45) is 0 Å². The molecule has 150 valence electrons. The quantitative estimate of drug-likeness (QED) is 0.538. The predicted molar refractivity (Wildman–Crippen MR) is 112 cm³/mol. The minimum absolute atomic E-state index is 0.0435. The van der Waals surface area contributed by atoms with Gasteiger partial charge in [0, 0.05) is 21.5 Å². The number of carbonyl (C=O) groups excluding carboxylic acids is 2. The maximum absolute atomic E-state index is 12.1. The van der Waals surface area contributed by atoms with Gasteiger partial charge in [-0.25, -0.2) is 4.98 Å². The first-order chi connectivity index (χ1) is 14.0. The summed E-state index contributed by atoms with van der Waals surface area (Å²) in [5.74, 6) is -0.210. The molecule has 0 unspecified atom stereocenters. The van der Waals surface area contributed by atoms with Gasteiger partial charge in [0.2, 0.25) is 0 Å². The van der Waals surface area contributed by atoms with Gasteiger partial charge in [-0.05, 0) is 43.3 Å². The second-order valence-corrected chi connectivity index (χ2v) is 7.25. The molecule has 3 rings (SSSR count). The van der Waals surface area contributed by atoms with Crippen LogP contribution in [0.25, 0.3) is 10.6 Å². The number of halogens is 1. The van der Waals surface area contributed by atoms with E-state index in [2.05, 4.69) is 10.3 Å². The summed E-state index contributed by atoms with van der Waals surface area (Å²) >= 11 is 7.34. The molecule has 1 amide bonds. The van der Waals surface area contributed by atoms with Crippen LogP contribution in [0.3, 0.4) is 0 Å². The third kappa shape index (κ3) is 6.04. The number of carbonyl (C=O) groups is 2. The summed E-state index contributed by atoms with van der Waals surface area (Å²) in [5, 5.41) is 5.84. The molecule has 0 aliphatic carbocycles. The average molecular weight is 431 g/mol. The summed E-state index contributed by atoms with van der Waals surface area (Å²) in [5.41, 5.74) is 2.03. The Kier molecular flexibility index (Phi) is 7.21. The van der Waals surface area contributed by atoms with Crippen molar-refractivity contribution < 1.29 is 19.1 Å². The number of hydrogen-bond donors (Lipinski definition) is 1. The number of rotatable bonds is 8. The van der Waals surface area contributed by atoms with E-state index in [4.69, 9.17) is 21.1 Å². The van der Waals surface area contributed by atoms with Crippen molar-refractivity contribution in [2.75, 3.05) is 13.2 Å². The van der Waals surface area contributed by atoms with E-state index in [1.165, 1.54) is 11.3 Å². The number of amides is 1. The number of esters is 1. The standard InChI is InChI=1S/C21H19ClN2O4S/c1-2-27-18-9-5-14(6-10-18)20(26)23-11-19(25)28-12-17-13-29-21(24-17)15-3-7-16(22)8-4-15/h3-10,13H,2,11-12H2,1H3,(H,23,26). The molecule has 0 fully saturated rings. The molecular formula is C21H19ClN2O4S. The molecular weight excluding hydrogens is 412 g/mol. The zero-order chi connectivity index (χ0) is 20.6. The molecule has 6 nitrogen and oxygen atoms in total. The van der Waals surface area contributed by atoms with Gasteiger partial charge in [0.1, 0.15) is 23.9 Å². The van der Waals surface area contributed by atoms with E-state index in [1.807, 2.05) is 24.4 Å². The lowest BCUT2D eigenvalue weighted by molar-refractivity contribution is -0.143. The first-order valence-corrected chi connectivity index (χ1v) is 10.2. The summed E-state index contributed by atoms with van der Waals surface area (Å²) in [6, 6.07) is 14.0. The van der Waals surface area contributed by atoms with Gasteiger partial charge in [-0.15, -0.1) is 11.3 Å². The van der Waals surface area contributed by atoms with Crippen molar-refractivity contribution in [2.45, 2.75) is 13.5 Å². The average Bonchev–Trinajstić information content (AvgIpc) is 3.21. The molecule has 0 aliphatic heterocycles. The second-order valence-electron chi connectivity index (χ2n) is 5.95. The van der Waals surface area contributed by atoms with Crippen LogP contribution in [0.1, 0.15) is 23.0 Å². The highest BCUT2D eigenvalue weighted by Crippen LogP contribution is 2.25. The molecule has 3 aromatic rings. The Bertz CT molecular complexity index is 971. The molecule has 1 heterocycles. The van der Waals surface area contributed by atoms with E-state index in [0.717, 1.165) is 10.6 Å². The minimum atomic E-state index is -0.537. The fourth-order valence-electron chi connectivity index (χ4n) is 2.43. The molecule has 1 aromatic heterocycles. The molecule has 2 aromatic carbocycles. The number of ether oxygens (including phenoxy) is 2. The van der Waals surface area contributed by atoms with Crippen LogP contribution in [0.5, 0.6) is 5.75 Å². The fourth-order valence-corrected chi connectivity index (χ4v) is 3.36. The Labute approximate surface area is 177 Å². The van der Waals surface area contributed by atoms with E-state index >= 15 is 0 Å². The Balaban J connectivity index is 1.45. The number of nitrogens with one attached hydrogen (secondary N) is 1. The first-order valence-electron chi connectivity index (χ1n) is 8.92. The van der Waals surface area contributed by atoms with Crippen LogP contribution in [-0.4, -0.2) is 30.0 Å². The second kappa shape index (κ2) is 10.0. The van der Waals surface area contributed by atoms with Gasteiger partial charge in [0.25, 0.3) is 5.91 Å². The maximum Gasteiger partial charge on any atom is 0.325 e. The van der Waals surface area contributed by atoms with Crippen LogP contribution >= 0.6 is 22.9 Å². The van der Waals surface area contributed by atoms with E-state index in [-0.39, 0.29) is 19.1 Å². The van der Waals surface area contributed by atoms with E-state index in [0.29, 0.717) is 28.6 Å². The molecule has 8 heteroatoms. The zero-order valence-electron chi connectivity index (χ0n) is 15.7. The molecule has 0 spiro atoms. The lowest BCUT2D eigenvalue weighted by Gasteiger charge is -2.07. The Morgan fingerprint density at radius 1 is 1.10 bits per heavy atom. The van der Waals surface area contributed by atoms with Gasteiger partial charge in [-0.1, -0.05) is 23.7 Å². The maximum atomic E-state index is 12.1. The Morgan fingerprint density at radius 2 is 1.83 bits per heavy atom. The van der Waals surface area contributed by atoms with E-state index in [1.54, 1.807) is 36.4 Å². The van der Waals surface area contributed by atoms with Crippen LogP contribution in [0.2, 0.25) is 5.02 Å². The van der Waals surface area contributed by atoms with E-state index < -0.39 is 5.97 Å². The topological polar surface area (TPSA) is 77.5 Å². The summed E-state index contributed by atoms with van der Waals surface area (Å²) in [6.45, 7) is 2.26. The number of thiazole rings is 1. The SMILES string of the molecule is CCOc1ccc(C(=O)NCC(=O)OCc2csc(-c3ccc(Cl)cc3)n2)cc1. The van der Waals surface area contributed by atoms with E-state index in [9.17, 15) is 9.59 Å². The molecule has 0 bridgehead atoms. The largest absolute Gasteiger partial charge is 0.494 e. The van der Waals surface area contributed by atoms with Crippen LogP contribution in [0, 0.1) is 0 Å².